The van der Waals surface area contributed by atoms with Crippen molar-refractivity contribution in [2.24, 2.45) is 22.7 Å². The second kappa shape index (κ2) is 3.96. The van der Waals surface area contributed by atoms with E-state index in [0.29, 0.717) is 17.1 Å². The van der Waals surface area contributed by atoms with Gasteiger partial charge in [0, 0.05) is 5.92 Å². The molecule has 0 N–H and O–H groups in total. The fourth-order valence-electron chi connectivity index (χ4n) is 4.83. The maximum absolute atomic E-state index is 12.0. The van der Waals surface area contributed by atoms with Gasteiger partial charge >= 0.3 is 0 Å². The van der Waals surface area contributed by atoms with Gasteiger partial charge in [0.1, 0.15) is 5.78 Å². The van der Waals surface area contributed by atoms with Gasteiger partial charge in [-0.1, -0.05) is 38.8 Å². The first-order chi connectivity index (χ1) is 7.79. The second-order valence-electron chi connectivity index (χ2n) is 7.13. The molecule has 1 saturated carbocycles. The Balaban J connectivity index is 2.46. The smallest absolute Gasteiger partial charge is 0.137 e. The number of carbonyl (C=O) groups excluding carboxylic acids is 1. The molecule has 0 bridgehead atoms. The molecule has 0 radical (unpaired) electrons. The molecule has 0 aromatic carbocycles. The van der Waals surface area contributed by atoms with E-state index < -0.39 is 0 Å². The Bertz CT molecular complexity index is 364. The number of Topliss-reactive ketones (excluding diaryl/α,β-unsaturated/α-hetero) is 1. The Hall–Kier alpha value is -0.590. The lowest BCUT2D eigenvalue weighted by Gasteiger charge is -2.56. The Morgan fingerprint density at radius 2 is 1.94 bits per heavy atom. The number of hydrogen-bond acceptors (Lipinski definition) is 1. The lowest BCUT2D eigenvalue weighted by atomic mass is 9.48. The first-order valence-corrected chi connectivity index (χ1v) is 6.96. The highest BCUT2D eigenvalue weighted by molar-refractivity contribution is 5.82. The molecular formula is C16H26O. The van der Waals surface area contributed by atoms with E-state index in [-0.39, 0.29) is 11.3 Å². The van der Waals surface area contributed by atoms with E-state index in [0.717, 1.165) is 0 Å². The number of allylic oxidation sites excluding steroid dienone is 2. The molecule has 1 fully saturated rings. The molecule has 2 rings (SSSR count). The van der Waals surface area contributed by atoms with E-state index in [1.54, 1.807) is 6.92 Å². The molecule has 0 aromatic heterocycles. The van der Waals surface area contributed by atoms with E-state index in [1.165, 1.54) is 31.3 Å². The van der Waals surface area contributed by atoms with Gasteiger partial charge < -0.3 is 0 Å². The highest BCUT2D eigenvalue weighted by atomic mass is 16.1. The maximum Gasteiger partial charge on any atom is 0.137 e. The maximum atomic E-state index is 12.0. The molecular weight excluding hydrogens is 208 g/mol. The summed E-state index contributed by atoms with van der Waals surface area (Å²) in [7, 11) is 0. The molecule has 17 heavy (non-hydrogen) atoms. The molecule has 0 unspecified atom stereocenters. The molecule has 3 atom stereocenters. The summed E-state index contributed by atoms with van der Waals surface area (Å²) in [5.41, 5.74) is 1.90. The van der Waals surface area contributed by atoms with Gasteiger partial charge in [-0.05, 0) is 49.9 Å². The van der Waals surface area contributed by atoms with Crippen molar-refractivity contribution in [3.05, 3.63) is 11.6 Å². The summed E-state index contributed by atoms with van der Waals surface area (Å²) < 4.78 is 0. The summed E-state index contributed by atoms with van der Waals surface area (Å²) in [6.45, 7) is 11.1. The zero-order valence-corrected chi connectivity index (χ0v) is 12.0. The van der Waals surface area contributed by atoms with Crippen LogP contribution in [0.4, 0.5) is 0 Å². The first-order valence-electron chi connectivity index (χ1n) is 6.96. The van der Waals surface area contributed by atoms with E-state index >= 15 is 0 Å². The van der Waals surface area contributed by atoms with Gasteiger partial charge in [-0.2, -0.15) is 0 Å². The molecule has 0 saturated heterocycles. The van der Waals surface area contributed by atoms with Crippen LogP contribution in [0.1, 0.15) is 60.3 Å². The van der Waals surface area contributed by atoms with Crippen molar-refractivity contribution in [1.82, 2.24) is 0 Å². The molecule has 1 heteroatoms. The molecule has 0 aliphatic heterocycles. The van der Waals surface area contributed by atoms with Crippen molar-refractivity contribution < 1.29 is 4.79 Å². The third-order valence-electron chi connectivity index (χ3n) is 5.47. The SMILES string of the molecule is CC(=O)[C@H]1C(C)=CC[C@H]2C(C)(C)CCC[C@]12C. The average Bonchev–Trinajstić information content (AvgIpc) is 2.14. The molecule has 96 valence electrons. The fraction of sp³-hybridized carbons (Fsp3) is 0.812. The van der Waals surface area contributed by atoms with Gasteiger partial charge in [0.2, 0.25) is 0 Å². The number of fused-ring (bicyclic) bond motifs is 1. The summed E-state index contributed by atoms with van der Waals surface area (Å²) in [6.07, 6.45) is 7.29. The molecule has 0 spiro atoms. The van der Waals surface area contributed by atoms with Gasteiger partial charge in [-0.3, -0.25) is 4.79 Å². The van der Waals surface area contributed by atoms with Crippen LogP contribution in [0.25, 0.3) is 0 Å². The summed E-state index contributed by atoms with van der Waals surface area (Å²) in [6, 6.07) is 0. The Labute approximate surface area is 106 Å². The lowest BCUT2D eigenvalue weighted by Crippen LogP contribution is -2.50. The topological polar surface area (TPSA) is 17.1 Å². The van der Waals surface area contributed by atoms with Crippen LogP contribution < -0.4 is 0 Å². The highest BCUT2D eigenvalue weighted by Gasteiger charge is 2.53. The van der Waals surface area contributed by atoms with Crippen molar-refractivity contribution >= 4 is 5.78 Å². The van der Waals surface area contributed by atoms with Crippen LogP contribution in [-0.4, -0.2) is 5.78 Å². The minimum atomic E-state index is 0.167. The van der Waals surface area contributed by atoms with Crippen LogP contribution in [0.2, 0.25) is 0 Å². The standard InChI is InChI=1S/C16H26O/c1-11-7-8-13-15(3,4)9-6-10-16(13,5)14(11)12(2)17/h7,13-14H,6,8-10H2,1-5H3/t13-,14+,16-/m0/s1. The molecule has 0 heterocycles. The molecule has 0 amide bonds. The van der Waals surface area contributed by atoms with Gasteiger partial charge in [-0.25, -0.2) is 0 Å². The zero-order chi connectivity index (χ0) is 12.8. The minimum Gasteiger partial charge on any atom is -0.299 e. The summed E-state index contributed by atoms with van der Waals surface area (Å²) in [5, 5.41) is 0. The van der Waals surface area contributed by atoms with Crippen LogP contribution in [0.15, 0.2) is 11.6 Å². The van der Waals surface area contributed by atoms with Crippen molar-refractivity contribution in [2.75, 3.05) is 0 Å². The lowest BCUT2D eigenvalue weighted by molar-refractivity contribution is -0.129. The number of rotatable bonds is 1. The van der Waals surface area contributed by atoms with Crippen molar-refractivity contribution in [1.29, 1.82) is 0 Å². The average molecular weight is 234 g/mol. The van der Waals surface area contributed by atoms with Crippen LogP contribution in [0.5, 0.6) is 0 Å². The summed E-state index contributed by atoms with van der Waals surface area (Å²) >= 11 is 0. The number of carbonyl (C=O) groups is 1. The molecule has 0 aromatic rings. The Kier molecular flexibility index (Phi) is 3.00. The highest BCUT2D eigenvalue weighted by Crippen LogP contribution is 2.59. The largest absolute Gasteiger partial charge is 0.299 e. The molecule has 2 aliphatic carbocycles. The van der Waals surface area contributed by atoms with Crippen molar-refractivity contribution in [3.8, 4) is 0 Å². The van der Waals surface area contributed by atoms with Gasteiger partial charge in [0.05, 0.1) is 0 Å². The Morgan fingerprint density at radius 1 is 1.29 bits per heavy atom. The summed E-state index contributed by atoms with van der Waals surface area (Å²) in [4.78, 5) is 12.0. The van der Waals surface area contributed by atoms with Gasteiger partial charge in [0.25, 0.3) is 0 Å². The first kappa shape index (κ1) is 12.9. The van der Waals surface area contributed by atoms with Crippen LogP contribution in [-0.2, 0) is 4.79 Å². The predicted octanol–water partition coefficient (Wildman–Crippen LogP) is 4.37. The Morgan fingerprint density at radius 3 is 2.53 bits per heavy atom. The number of hydrogen-bond donors (Lipinski definition) is 0. The van der Waals surface area contributed by atoms with E-state index in [2.05, 4.69) is 33.8 Å². The van der Waals surface area contributed by atoms with Crippen LogP contribution in [0, 0.1) is 22.7 Å². The van der Waals surface area contributed by atoms with Crippen molar-refractivity contribution in [2.45, 2.75) is 60.3 Å². The summed E-state index contributed by atoms with van der Waals surface area (Å²) in [5.74, 6) is 1.20. The van der Waals surface area contributed by atoms with Crippen LogP contribution in [0.3, 0.4) is 0 Å². The third kappa shape index (κ3) is 1.88. The minimum absolute atomic E-state index is 0.167. The third-order valence-corrected chi connectivity index (χ3v) is 5.47. The number of ketones is 1. The second-order valence-corrected chi connectivity index (χ2v) is 7.13. The normalized spacial score (nSPS) is 40.4. The van der Waals surface area contributed by atoms with E-state index in [9.17, 15) is 4.79 Å². The van der Waals surface area contributed by atoms with E-state index in [1.807, 2.05) is 0 Å². The van der Waals surface area contributed by atoms with Gasteiger partial charge in [0.15, 0.2) is 0 Å². The zero-order valence-electron chi connectivity index (χ0n) is 12.0. The van der Waals surface area contributed by atoms with Crippen molar-refractivity contribution in [3.63, 3.8) is 0 Å². The van der Waals surface area contributed by atoms with E-state index in [4.69, 9.17) is 0 Å². The molecule has 2 aliphatic rings. The molecule has 1 nitrogen and oxygen atoms in total. The monoisotopic (exact) mass is 234 g/mol. The van der Waals surface area contributed by atoms with Gasteiger partial charge in [-0.15, -0.1) is 0 Å². The fourth-order valence-corrected chi connectivity index (χ4v) is 4.83. The van der Waals surface area contributed by atoms with Crippen LogP contribution >= 0.6 is 0 Å². The quantitative estimate of drug-likeness (QED) is 0.616. The predicted molar refractivity (Wildman–Crippen MR) is 71.8 cm³/mol.